The van der Waals surface area contributed by atoms with Crippen LogP contribution in [0.3, 0.4) is 0 Å². The molecule has 1 rings (SSSR count). The highest BCUT2D eigenvalue weighted by Gasteiger charge is 2.05. The molecule has 0 aromatic heterocycles. The molecular weight excluding hydrogens is 233 g/mol. The SMILES string of the molecule is CCC(C)CNCc1cc(F)cc(/C(N)=N/O)c1. The third-order valence-corrected chi connectivity index (χ3v) is 2.88. The van der Waals surface area contributed by atoms with E-state index in [1.165, 1.54) is 12.1 Å². The number of hydrogen-bond donors (Lipinski definition) is 3. The summed E-state index contributed by atoms with van der Waals surface area (Å²) < 4.78 is 13.4. The van der Waals surface area contributed by atoms with Crippen LogP contribution < -0.4 is 11.1 Å². The van der Waals surface area contributed by atoms with Gasteiger partial charge in [0.2, 0.25) is 0 Å². The molecule has 100 valence electrons. The van der Waals surface area contributed by atoms with Crippen LogP contribution in [-0.4, -0.2) is 17.6 Å². The van der Waals surface area contributed by atoms with Crippen LogP contribution in [-0.2, 0) is 6.54 Å². The quantitative estimate of drug-likeness (QED) is 0.314. The monoisotopic (exact) mass is 253 g/mol. The van der Waals surface area contributed by atoms with Gasteiger partial charge in [-0.25, -0.2) is 4.39 Å². The molecule has 0 aliphatic rings. The van der Waals surface area contributed by atoms with Gasteiger partial charge >= 0.3 is 0 Å². The fourth-order valence-electron chi connectivity index (χ4n) is 1.57. The third-order valence-electron chi connectivity index (χ3n) is 2.88. The molecule has 0 heterocycles. The Labute approximate surface area is 107 Å². The van der Waals surface area contributed by atoms with Crippen molar-refractivity contribution in [2.45, 2.75) is 26.8 Å². The minimum absolute atomic E-state index is 0.0855. The molecule has 0 saturated heterocycles. The number of halogens is 1. The van der Waals surface area contributed by atoms with Crippen LogP contribution >= 0.6 is 0 Å². The Morgan fingerprint density at radius 2 is 2.22 bits per heavy atom. The van der Waals surface area contributed by atoms with E-state index in [1.807, 2.05) is 0 Å². The molecule has 18 heavy (non-hydrogen) atoms. The second-order valence-electron chi connectivity index (χ2n) is 4.48. The van der Waals surface area contributed by atoms with Crippen LogP contribution in [0.5, 0.6) is 0 Å². The molecule has 0 bridgehead atoms. The lowest BCUT2D eigenvalue weighted by atomic mass is 10.1. The van der Waals surface area contributed by atoms with Gasteiger partial charge in [-0.05, 0) is 36.2 Å². The largest absolute Gasteiger partial charge is 0.409 e. The lowest BCUT2D eigenvalue weighted by Crippen LogP contribution is -2.21. The highest BCUT2D eigenvalue weighted by Crippen LogP contribution is 2.09. The molecule has 4 N–H and O–H groups in total. The van der Waals surface area contributed by atoms with Gasteiger partial charge in [-0.3, -0.25) is 0 Å². The molecule has 0 saturated carbocycles. The zero-order valence-electron chi connectivity index (χ0n) is 10.8. The minimum atomic E-state index is -0.389. The maximum Gasteiger partial charge on any atom is 0.170 e. The van der Waals surface area contributed by atoms with Crippen molar-refractivity contribution < 1.29 is 9.60 Å². The van der Waals surface area contributed by atoms with Crippen molar-refractivity contribution in [3.8, 4) is 0 Å². The Kier molecular flexibility index (Phi) is 5.58. The van der Waals surface area contributed by atoms with Crippen molar-refractivity contribution in [2.24, 2.45) is 16.8 Å². The van der Waals surface area contributed by atoms with E-state index in [0.717, 1.165) is 18.5 Å². The normalized spacial score (nSPS) is 13.6. The van der Waals surface area contributed by atoms with Crippen LogP contribution in [0.15, 0.2) is 23.4 Å². The van der Waals surface area contributed by atoms with Crippen LogP contribution in [0.2, 0.25) is 0 Å². The van der Waals surface area contributed by atoms with Crippen molar-refractivity contribution in [3.63, 3.8) is 0 Å². The zero-order valence-corrected chi connectivity index (χ0v) is 10.8. The number of nitrogens with zero attached hydrogens (tertiary/aromatic N) is 1. The topological polar surface area (TPSA) is 70.6 Å². The Morgan fingerprint density at radius 3 is 2.83 bits per heavy atom. The number of oxime groups is 1. The number of nitrogens with two attached hydrogens (primary N) is 1. The molecule has 1 atom stereocenters. The van der Waals surface area contributed by atoms with Crippen molar-refractivity contribution in [1.29, 1.82) is 0 Å². The maximum atomic E-state index is 13.4. The fraction of sp³-hybridized carbons (Fsp3) is 0.462. The summed E-state index contributed by atoms with van der Waals surface area (Å²) in [6, 6.07) is 4.40. The first-order chi connectivity index (χ1) is 8.56. The van der Waals surface area contributed by atoms with Gasteiger partial charge in [0.05, 0.1) is 0 Å². The predicted molar refractivity (Wildman–Crippen MR) is 70.1 cm³/mol. The van der Waals surface area contributed by atoms with Gasteiger partial charge < -0.3 is 16.3 Å². The second-order valence-corrected chi connectivity index (χ2v) is 4.48. The molecule has 0 aliphatic heterocycles. The minimum Gasteiger partial charge on any atom is -0.409 e. The maximum absolute atomic E-state index is 13.4. The Morgan fingerprint density at radius 1 is 1.50 bits per heavy atom. The smallest absolute Gasteiger partial charge is 0.170 e. The van der Waals surface area contributed by atoms with Crippen molar-refractivity contribution >= 4 is 5.84 Å². The second kappa shape index (κ2) is 6.96. The van der Waals surface area contributed by atoms with Crippen LogP contribution in [0, 0.1) is 11.7 Å². The Hall–Kier alpha value is -1.62. The molecule has 4 nitrogen and oxygen atoms in total. The van der Waals surface area contributed by atoms with Crippen LogP contribution in [0.4, 0.5) is 4.39 Å². The third kappa shape index (κ3) is 4.33. The molecule has 1 unspecified atom stereocenters. The summed E-state index contributed by atoms with van der Waals surface area (Å²) in [5.41, 5.74) is 6.61. The predicted octanol–water partition coefficient (Wildman–Crippen LogP) is 2.06. The van der Waals surface area contributed by atoms with Gasteiger partial charge in [0.25, 0.3) is 0 Å². The van der Waals surface area contributed by atoms with E-state index in [-0.39, 0.29) is 11.7 Å². The van der Waals surface area contributed by atoms with Gasteiger partial charge in [-0.15, -0.1) is 0 Å². The van der Waals surface area contributed by atoms with E-state index < -0.39 is 0 Å². The molecule has 0 fully saturated rings. The first-order valence-corrected chi connectivity index (χ1v) is 6.04. The first-order valence-electron chi connectivity index (χ1n) is 6.04. The molecule has 1 aromatic rings. The van der Waals surface area contributed by atoms with E-state index in [4.69, 9.17) is 10.9 Å². The van der Waals surface area contributed by atoms with Crippen LogP contribution in [0.1, 0.15) is 31.4 Å². The molecule has 0 spiro atoms. The average molecular weight is 253 g/mol. The highest BCUT2D eigenvalue weighted by atomic mass is 19.1. The summed E-state index contributed by atoms with van der Waals surface area (Å²) in [5, 5.41) is 14.7. The number of rotatable bonds is 6. The van der Waals surface area contributed by atoms with Gasteiger partial charge in [0.15, 0.2) is 5.84 Å². The molecule has 0 radical (unpaired) electrons. The van der Waals surface area contributed by atoms with E-state index in [2.05, 4.69) is 24.3 Å². The van der Waals surface area contributed by atoms with Crippen molar-refractivity contribution in [3.05, 3.63) is 35.1 Å². The summed E-state index contributed by atoms with van der Waals surface area (Å²) in [5.74, 6) is 0.110. The summed E-state index contributed by atoms with van der Waals surface area (Å²) in [6.45, 7) is 5.73. The van der Waals surface area contributed by atoms with E-state index in [1.54, 1.807) is 6.07 Å². The molecule has 1 aromatic carbocycles. The lowest BCUT2D eigenvalue weighted by molar-refractivity contribution is 0.318. The molecule has 0 aliphatic carbocycles. The lowest BCUT2D eigenvalue weighted by Gasteiger charge is -2.11. The summed E-state index contributed by atoms with van der Waals surface area (Å²) >= 11 is 0. The van der Waals surface area contributed by atoms with E-state index >= 15 is 0 Å². The molecule has 5 heteroatoms. The van der Waals surface area contributed by atoms with Gasteiger partial charge in [-0.1, -0.05) is 25.4 Å². The van der Waals surface area contributed by atoms with E-state index in [9.17, 15) is 4.39 Å². The fourth-order valence-corrected chi connectivity index (χ4v) is 1.57. The van der Waals surface area contributed by atoms with Crippen molar-refractivity contribution in [1.82, 2.24) is 5.32 Å². The van der Waals surface area contributed by atoms with Gasteiger partial charge in [0, 0.05) is 12.1 Å². The molecule has 0 amide bonds. The number of hydrogen-bond acceptors (Lipinski definition) is 3. The number of benzene rings is 1. The number of amidine groups is 1. The van der Waals surface area contributed by atoms with E-state index in [0.29, 0.717) is 18.0 Å². The highest BCUT2D eigenvalue weighted by molar-refractivity contribution is 5.97. The summed E-state index contributed by atoms with van der Waals surface area (Å²) in [6.07, 6.45) is 1.10. The average Bonchev–Trinajstić information content (AvgIpc) is 2.36. The summed E-state index contributed by atoms with van der Waals surface area (Å²) in [7, 11) is 0. The van der Waals surface area contributed by atoms with Crippen LogP contribution in [0.25, 0.3) is 0 Å². The van der Waals surface area contributed by atoms with Gasteiger partial charge in [0.1, 0.15) is 5.82 Å². The first kappa shape index (κ1) is 14.4. The Bertz CT molecular complexity index is 421. The molecular formula is C13H20FN3O. The standard InChI is InChI=1S/C13H20FN3O/c1-3-9(2)7-16-8-10-4-11(13(15)17-18)6-12(14)5-10/h4-6,9,16,18H,3,7-8H2,1-2H3,(H2,15,17). The Balaban J connectivity index is 2.69. The summed E-state index contributed by atoms with van der Waals surface area (Å²) in [4.78, 5) is 0. The zero-order chi connectivity index (χ0) is 13.5. The number of nitrogens with one attached hydrogen (secondary N) is 1. The van der Waals surface area contributed by atoms with Crippen molar-refractivity contribution in [2.75, 3.05) is 6.54 Å². The van der Waals surface area contributed by atoms with Gasteiger partial charge in [-0.2, -0.15) is 0 Å².